The largest absolute Gasteiger partial charge is 0.497 e. The minimum Gasteiger partial charge on any atom is -0.497 e. The number of hydrogen-bond donors (Lipinski definition) is 1. The number of ether oxygens (including phenoxy) is 2. The monoisotopic (exact) mass is 456 g/mol. The van der Waals surface area contributed by atoms with Crippen molar-refractivity contribution in [2.24, 2.45) is 0 Å². The normalized spacial score (nSPS) is 14.9. The first-order chi connectivity index (χ1) is 16.4. The van der Waals surface area contributed by atoms with Gasteiger partial charge >= 0.3 is 6.03 Å². The van der Waals surface area contributed by atoms with Crippen LogP contribution < -0.4 is 19.7 Å². The fourth-order valence-corrected chi connectivity index (χ4v) is 3.66. The first-order valence-corrected chi connectivity index (χ1v) is 10.7. The molecule has 0 unspecified atom stereocenters. The van der Waals surface area contributed by atoms with E-state index >= 15 is 0 Å². The molecule has 3 aromatic carbocycles. The average Bonchev–Trinajstić information content (AvgIpc) is 2.81. The van der Waals surface area contributed by atoms with Gasteiger partial charge in [0.1, 0.15) is 23.7 Å². The molecule has 1 fully saturated rings. The molecule has 4 amide bonds. The number of nitrogens with zero attached hydrogens (tertiary/aromatic N) is 1. The number of carbonyl (C=O) groups is 3. The summed E-state index contributed by atoms with van der Waals surface area (Å²) in [6.45, 7) is 4.14. The van der Waals surface area contributed by atoms with E-state index in [1.54, 1.807) is 43.5 Å². The van der Waals surface area contributed by atoms with Gasteiger partial charge in [0, 0.05) is 11.6 Å². The summed E-state index contributed by atoms with van der Waals surface area (Å²) in [5.74, 6) is -0.468. The van der Waals surface area contributed by atoms with Crippen molar-refractivity contribution in [1.82, 2.24) is 5.32 Å². The van der Waals surface area contributed by atoms with Gasteiger partial charge in [-0.1, -0.05) is 42.0 Å². The minimum atomic E-state index is -0.789. The van der Waals surface area contributed by atoms with Crippen LogP contribution in [0.3, 0.4) is 0 Å². The molecule has 0 bridgehead atoms. The van der Waals surface area contributed by atoms with E-state index < -0.39 is 17.8 Å². The number of urea groups is 1. The van der Waals surface area contributed by atoms with Gasteiger partial charge in [-0.25, -0.2) is 9.69 Å². The first kappa shape index (κ1) is 22.8. The van der Waals surface area contributed by atoms with Gasteiger partial charge in [-0.05, 0) is 55.3 Å². The van der Waals surface area contributed by atoms with Crippen LogP contribution in [0.25, 0.3) is 6.08 Å². The number of methoxy groups -OCH3 is 1. The Labute approximate surface area is 197 Å². The van der Waals surface area contributed by atoms with Crippen molar-refractivity contribution in [1.29, 1.82) is 0 Å². The summed E-state index contributed by atoms with van der Waals surface area (Å²) in [6.07, 6.45) is 1.43. The number of nitrogens with one attached hydrogen (secondary N) is 1. The maximum Gasteiger partial charge on any atom is 0.335 e. The zero-order valence-corrected chi connectivity index (χ0v) is 19.1. The van der Waals surface area contributed by atoms with Crippen LogP contribution >= 0.6 is 0 Å². The number of carbonyl (C=O) groups excluding carboxylic acids is 3. The Bertz CT molecular complexity index is 1310. The molecular formula is C27H24N2O5. The standard InChI is InChI=1S/C27H24N2O5/c1-17-6-4-8-19(12-17)16-34-24-15-22(33-3)11-10-20(24)14-23-25(30)28-27(32)29(26(23)31)21-9-5-7-18(2)13-21/h4-15H,16H2,1-3H3,(H,28,30,32)/b23-14+. The summed E-state index contributed by atoms with van der Waals surface area (Å²) < 4.78 is 11.3. The first-order valence-electron chi connectivity index (χ1n) is 10.7. The Morgan fingerprint density at radius 1 is 0.912 bits per heavy atom. The Morgan fingerprint density at radius 3 is 2.35 bits per heavy atom. The number of barbiturate groups is 1. The van der Waals surface area contributed by atoms with Gasteiger partial charge in [0.15, 0.2) is 0 Å². The molecule has 1 N–H and O–H groups in total. The van der Waals surface area contributed by atoms with E-state index in [4.69, 9.17) is 9.47 Å². The summed E-state index contributed by atoms with van der Waals surface area (Å²) in [5.41, 5.74) is 3.68. The highest BCUT2D eigenvalue weighted by atomic mass is 16.5. The summed E-state index contributed by atoms with van der Waals surface area (Å²) in [5, 5.41) is 2.25. The van der Waals surface area contributed by atoms with Gasteiger partial charge in [0.2, 0.25) is 0 Å². The van der Waals surface area contributed by atoms with Crippen molar-refractivity contribution < 1.29 is 23.9 Å². The topological polar surface area (TPSA) is 84.9 Å². The summed E-state index contributed by atoms with van der Waals surface area (Å²) in [4.78, 5) is 39.2. The van der Waals surface area contributed by atoms with Crippen molar-refractivity contribution in [3.8, 4) is 11.5 Å². The molecule has 172 valence electrons. The summed E-state index contributed by atoms with van der Waals surface area (Å²) in [6, 6.07) is 19.2. The Hall–Kier alpha value is -4.39. The van der Waals surface area contributed by atoms with Crippen LogP contribution in [0.15, 0.2) is 72.3 Å². The van der Waals surface area contributed by atoms with E-state index in [1.807, 2.05) is 44.2 Å². The lowest BCUT2D eigenvalue weighted by atomic mass is 10.1. The van der Waals surface area contributed by atoms with Crippen LogP contribution in [-0.4, -0.2) is 25.0 Å². The predicted octanol–water partition coefficient (Wildman–Crippen LogP) is 4.56. The van der Waals surface area contributed by atoms with Crippen molar-refractivity contribution in [3.05, 3.63) is 94.6 Å². The highest BCUT2D eigenvalue weighted by Crippen LogP contribution is 2.29. The molecule has 0 aliphatic carbocycles. The molecule has 3 aromatic rings. The van der Waals surface area contributed by atoms with Crippen molar-refractivity contribution >= 4 is 29.6 Å². The van der Waals surface area contributed by atoms with E-state index in [1.165, 1.54) is 6.08 Å². The van der Waals surface area contributed by atoms with Crippen LogP contribution in [0.1, 0.15) is 22.3 Å². The molecule has 34 heavy (non-hydrogen) atoms. The number of rotatable bonds is 6. The lowest BCUT2D eigenvalue weighted by Gasteiger charge is -2.26. The maximum atomic E-state index is 13.2. The smallest absolute Gasteiger partial charge is 0.335 e. The zero-order valence-electron chi connectivity index (χ0n) is 19.1. The van der Waals surface area contributed by atoms with Crippen LogP contribution in [-0.2, 0) is 16.2 Å². The Kier molecular flexibility index (Phi) is 6.45. The SMILES string of the molecule is COc1ccc(/C=C2\C(=O)NC(=O)N(c3cccc(C)c3)C2=O)c(OCc2cccc(C)c2)c1. The number of amides is 4. The highest BCUT2D eigenvalue weighted by Gasteiger charge is 2.37. The second-order valence-corrected chi connectivity index (χ2v) is 7.98. The third kappa shape index (κ3) is 4.83. The molecule has 1 heterocycles. The summed E-state index contributed by atoms with van der Waals surface area (Å²) >= 11 is 0. The molecule has 7 nitrogen and oxygen atoms in total. The minimum absolute atomic E-state index is 0.174. The number of aryl methyl sites for hydroxylation is 2. The van der Waals surface area contributed by atoms with E-state index in [-0.39, 0.29) is 5.57 Å². The molecule has 0 atom stereocenters. The maximum absolute atomic E-state index is 13.2. The third-order valence-corrected chi connectivity index (χ3v) is 5.36. The fraction of sp³-hybridized carbons (Fsp3) is 0.148. The second-order valence-electron chi connectivity index (χ2n) is 7.98. The molecule has 1 aliphatic heterocycles. The number of hydrogen-bond acceptors (Lipinski definition) is 5. The van der Waals surface area contributed by atoms with E-state index in [0.717, 1.165) is 21.6 Å². The van der Waals surface area contributed by atoms with Crippen LogP contribution in [0.4, 0.5) is 10.5 Å². The van der Waals surface area contributed by atoms with E-state index in [0.29, 0.717) is 29.4 Å². The quantitative estimate of drug-likeness (QED) is 0.434. The summed E-state index contributed by atoms with van der Waals surface area (Å²) in [7, 11) is 1.54. The lowest BCUT2D eigenvalue weighted by molar-refractivity contribution is -0.122. The molecular weight excluding hydrogens is 432 g/mol. The van der Waals surface area contributed by atoms with E-state index in [2.05, 4.69) is 5.32 Å². The second kappa shape index (κ2) is 9.62. The van der Waals surface area contributed by atoms with Crippen molar-refractivity contribution in [2.45, 2.75) is 20.5 Å². The number of imide groups is 2. The van der Waals surface area contributed by atoms with Gasteiger partial charge in [-0.15, -0.1) is 0 Å². The lowest BCUT2D eigenvalue weighted by Crippen LogP contribution is -2.54. The van der Waals surface area contributed by atoms with Crippen LogP contribution in [0.2, 0.25) is 0 Å². The molecule has 7 heteroatoms. The fourth-order valence-electron chi connectivity index (χ4n) is 3.66. The highest BCUT2D eigenvalue weighted by molar-refractivity contribution is 6.39. The van der Waals surface area contributed by atoms with Crippen LogP contribution in [0, 0.1) is 13.8 Å². The predicted molar refractivity (Wildman–Crippen MR) is 129 cm³/mol. The van der Waals surface area contributed by atoms with Crippen LogP contribution in [0.5, 0.6) is 11.5 Å². The molecule has 4 rings (SSSR count). The third-order valence-electron chi connectivity index (χ3n) is 5.36. The van der Waals surface area contributed by atoms with E-state index in [9.17, 15) is 14.4 Å². The number of anilines is 1. The molecule has 1 aliphatic rings. The van der Waals surface area contributed by atoms with Gasteiger partial charge in [-0.3, -0.25) is 14.9 Å². The zero-order chi connectivity index (χ0) is 24.2. The van der Waals surface area contributed by atoms with Crippen molar-refractivity contribution in [3.63, 3.8) is 0 Å². The van der Waals surface area contributed by atoms with Crippen molar-refractivity contribution in [2.75, 3.05) is 12.0 Å². The Morgan fingerprint density at radius 2 is 1.65 bits per heavy atom. The molecule has 0 aromatic heterocycles. The molecule has 0 spiro atoms. The van der Waals surface area contributed by atoms with Gasteiger partial charge in [0.25, 0.3) is 11.8 Å². The Balaban J connectivity index is 1.69. The number of benzene rings is 3. The van der Waals surface area contributed by atoms with Gasteiger partial charge in [0.05, 0.1) is 12.8 Å². The van der Waals surface area contributed by atoms with Gasteiger partial charge < -0.3 is 9.47 Å². The molecule has 0 radical (unpaired) electrons. The van der Waals surface area contributed by atoms with Gasteiger partial charge in [-0.2, -0.15) is 0 Å². The molecule has 0 saturated carbocycles. The average molecular weight is 456 g/mol. The molecule has 1 saturated heterocycles.